The number of sulfone groups is 1. The van der Waals surface area contributed by atoms with Crippen LogP contribution in [0.15, 0.2) is 0 Å². The summed E-state index contributed by atoms with van der Waals surface area (Å²) in [6.07, 6.45) is -0.113. The maximum Gasteiger partial charge on any atom is 0.406 e. The van der Waals surface area contributed by atoms with Gasteiger partial charge in [0, 0.05) is 26.1 Å². The van der Waals surface area contributed by atoms with E-state index in [-0.39, 0.29) is 36.5 Å². The fourth-order valence-corrected chi connectivity index (χ4v) is 3.70. The lowest BCUT2D eigenvalue weighted by atomic mass is 10.2. The van der Waals surface area contributed by atoms with E-state index >= 15 is 0 Å². The molecule has 7 nitrogen and oxygen atoms in total. The quantitative estimate of drug-likeness (QED) is 0.739. The SMILES string of the molecule is COC(=O)NCCN(C(C)=O)C1CCS(=O)(=O)C1. The molecule has 1 N–H and O–H groups in total. The van der Waals surface area contributed by atoms with Crippen molar-refractivity contribution < 1.29 is 22.7 Å². The van der Waals surface area contributed by atoms with Crippen LogP contribution in [-0.2, 0) is 19.4 Å². The first-order chi connectivity index (χ1) is 8.35. The molecule has 0 radical (unpaired) electrons. The third kappa shape index (κ3) is 4.17. The summed E-state index contributed by atoms with van der Waals surface area (Å²) in [7, 11) is -1.77. The Balaban J connectivity index is 2.51. The van der Waals surface area contributed by atoms with Gasteiger partial charge in [0.1, 0.15) is 0 Å². The highest BCUT2D eigenvalue weighted by Crippen LogP contribution is 2.17. The highest BCUT2D eigenvalue weighted by molar-refractivity contribution is 7.91. The predicted octanol–water partition coefficient (Wildman–Crippen LogP) is -0.622. The van der Waals surface area contributed by atoms with Crippen LogP contribution in [0.4, 0.5) is 4.79 Å². The summed E-state index contributed by atoms with van der Waals surface area (Å²) in [4.78, 5) is 23.8. The summed E-state index contributed by atoms with van der Waals surface area (Å²) in [6, 6.07) is -0.285. The van der Waals surface area contributed by atoms with E-state index in [2.05, 4.69) is 10.1 Å². The standard InChI is InChI=1S/C10H18N2O5S/c1-8(13)12(5-4-11-10(14)17-2)9-3-6-18(15,16)7-9/h9H,3-7H2,1-2H3,(H,11,14). The minimum Gasteiger partial charge on any atom is -0.453 e. The van der Waals surface area contributed by atoms with Crippen molar-refractivity contribution in [1.29, 1.82) is 0 Å². The zero-order valence-corrected chi connectivity index (χ0v) is 11.3. The van der Waals surface area contributed by atoms with Gasteiger partial charge in [-0.2, -0.15) is 0 Å². The van der Waals surface area contributed by atoms with Gasteiger partial charge >= 0.3 is 6.09 Å². The molecular weight excluding hydrogens is 260 g/mol. The summed E-state index contributed by atoms with van der Waals surface area (Å²) in [5.41, 5.74) is 0. The first-order valence-corrected chi connectivity index (χ1v) is 7.47. The molecule has 0 aliphatic carbocycles. The Morgan fingerprint density at radius 1 is 1.44 bits per heavy atom. The molecule has 1 fully saturated rings. The summed E-state index contributed by atoms with van der Waals surface area (Å²) >= 11 is 0. The molecule has 0 aromatic rings. The van der Waals surface area contributed by atoms with E-state index in [1.54, 1.807) is 0 Å². The number of nitrogens with zero attached hydrogens (tertiary/aromatic N) is 1. The van der Waals surface area contributed by atoms with Crippen LogP contribution >= 0.6 is 0 Å². The fourth-order valence-electron chi connectivity index (χ4n) is 1.97. The monoisotopic (exact) mass is 278 g/mol. The van der Waals surface area contributed by atoms with Crippen molar-refractivity contribution in [2.45, 2.75) is 19.4 Å². The molecule has 1 aliphatic heterocycles. The fraction of sp³-hybridized carbons (Fsp3) is 0.800. The molecule has 1 saturated heterocycles. The van der Waals surface area contributed by atoms with Crippen LogP contribution in [0.1, 0.15) is 13.3 Å². The number of amides is 2. The Bertz CT molecular complexity index is 420. The van der Waals surface area contributed by atoms with Gasteiger partial charge in [0.05, 0.1) is 18.6 Å². The van der Waals surface area contributed by atoms with Gasteiger partial charge in [0.2, 0.25) is 5.91 Å². The molecule has 2 amide bonds. The molecule has 1 rings (SSSR count). The summed E-state index contributed by atoms with van der Waals surface area (Å²) in [6.45, 7) is 1.91. The van der Waals surface area contributed by atoms with Crippen molar-refractivity contribution in [3.05, 3.63) is 0 Å². The molecule has 0 aromatic carbocycles. The van der Waals surface area contributed by atoms with E-state index in [9.17, 15) is 18.0 Å². The van der Waals surface area contributed by atoms with Crippen molar-refractivity contribution in [3.63, 3.8) is 0 Å². The predicted molar refractivity (Wildman–Crippen MR) is 64.9 cm³/mol. The second-order valence-electron chi connectivity index (χ2n) is 4.19. The van der Waals surface area contributed by atoms with E-state index in [0.29, 0.717) is 6.42 Å². The lowest BCUT2D eigenvalue weighted by Crippen LogP contribution is -2.44. The van der Waals surface area contributed by atoms with Gasteiger partial charge in [0.15, 0.2) is 9.84 Å². The van der Waals surface area contributed by atoms with Crippen molar-refractivity contribution in [3.8, 4) is 0 Å². The number of rotatable bonds is 4. The maximum absolute atomic E-state index is 11.5. The second kappa shape index (κ2) is 6.03. The Hall–Kier alpha value is -1.31. The molecule has 1 aliphatic rings. The minimum atomic E-state index is -3.03. The largest absolute Gasteiger partial charge is 0.453 e. The highest BCUT2D eigenvalue weighted by atomic mass is 32.2. The third-order valence-electron chi connectivity index (χ3n) is 2.86. The molecule has 1 atom stereocenters. The lowest BCUT2D eigenvalue weighted by molar-refractivity contribution is -0.130. The van der Waals surface area contributed by atoms with Crippen LogP contribution in [-0.4, -0.2) is 63.1 Å². The first-order valence-electron chi connectivity index (χ1n) is 5.65. The van der Waals surface area contributed by atoms with E-state index in [4.69, 9.17) is 0 Å². The number of nitrogens with one attached hydrogen (secondary N) is 1. The zero-order valence-electron chi connectivity index (χ0n) is 10.5. The van der Waals surface area contributed by atoms with Crippen molar-refractivity contribution in [1.82, 2.24) is 10.2 Å². The number of methoxy groups -OCH3 is 1. The summed E-state index contributed by atoms with van der Waals surface area (Å²) in [5, 5.41) is 2.46. The van der Waals surface area contributed by atoms with Crippen LogP contribution in [0.2, 0.25) is 0 Å². The van der Waals surface area contributed by atoms with Crippen LogP contribution in [0.25, 0.3) is 0 Å². The zero-order chi connectivity index (χ0) is 13.8. The normalized spacial score (nSPS) is 21.3. The van der Waals surface area contributed by atoms with Crippen LogP contribution in [0.3, 0.4) is 0 Å². The van der Waals surface area contributed by atoms with Crippen LogP contribution in [0, 0.1) is 0 Å². The molecule has 1 heterocycles. The molecule has 18 heavy (non-hydrogen) atoms. The summed E-state index contributed by atoms with van der Waals surface area (Å²) < 4.78 is 27.1. The van der Waals surface area contributed by atoms with Crippen LogP contribution < -0.4 is 5.32 Å². The number of carbonyl (C=O) groups excluding carboxylic acids is 2. The van der Waals surface area contributed by atoms with Crippen molar-refractivity contribution in [2.75, 3.05) is 31.7 Å². The molecule has 0 aromatic heterocycles. The van der Waals surface area contributed by atoms with Gasteiger partial charge < -0.3 is 15.0 Å². The molecule has 0 spiro atoms. The average molecular weight is 278 g/mol. The minimum absolute atomic E-state index is 0.00477. The maximum atomic E-state index is 11.5. The van der Waals surface area contributed by atoms with Gasteiger partial charge in [-0.25, -0.2) is 13.2 Å². The average Bonchev–Trinajstić information content (AvgIpc) is 2.63. The Morgan fingerprint density at radius 2 is 2.11 bits per heavy atom. The molecular formula is C10H18N2O5S. The number of alkyl carbamates (subject to hydrolysis) is 1. The number of hydrogen-bond acceptors (Lipinski definition) is 5. The second-order valence-corrected chi connectivity index (χ2v) is 6.42. The van der Waals surface area contributed by atoms with Crippen molar-refractivity contribution >= 4 is 21.8 Å². The Kier molecular flexibility index (Phi) is 4.94. The highest BCUT2D eigenvalue weighted by Gasteiger charge is 2.33. The lowest BCUT2D eigenvalue weighted by Gasteiger charge is -2.26. The number of hydrogen-bond donors (Lipinski definition) is 1. The van der Waals surface area contributed by atoms with Gasteiger partial charge in [0.25, 0.3) is 0 Å². The third-order valence-corrected chi connectivity index (χ3v) is 4.61. The van der Waals surface area contributed by atoms with E-state index < -0.39 is 15.9 Å². The van der Waals surface area contributed by atoms with Crippen LogP contribution in [0.5, 0.6) is 0 Å². The molecule has 0 bridgehead atoms. The molecule has 8 heteroatoms. The van der Waals surface area contributed by atoms with E-state index in [0.717, 1.165) is 0 Å². The molecule has 0 saturated carbocycles. The van der Waals surface area contributed by atoms with Gasteiger partial charge in [-0.3, -0.25) is 4.79 Å². The van der Waals surface area contributed by atoms with Crippen molar-refractivity contribution in [2.24, 2.45) is 0 Å². The smallest absolute Gasteiger partial charge is 0.406 e. The number of carbonyl (C=O) groups is 2. The van der Waals surface area contributed by atoms with E-state index in [1.165, 1.54) is 18.9 Å². The number of ether oxygens (including phenoxy) is 1. The van der Waals surface area contributed by atoms with Gasteiger partial charge in [-0.15, -0.1) is 0 Å². The molecule has 1 unspecified atom stereocenters. The first kappa shape index (κ1) is 14.7. The van der Waals surface area contributed by atoms with Gasteiger partial charge in [-0.05, 0) is 6.42 Å². The topological polar surface area (TPSA) is 92.8 Å². The Labute approximate surface area is 106 Å². The summed E-state index contributed by atoms with van der Waals surface area (Å²) in [5.74, 6) is -0.0693. The van der Waals surface area contributed by atoms with Gasteiger partial charge in [-0.1, -0.05) is 0 Å². The Morgan fingerprint density at radius 3 is 2.56 bits per heavy atom. The molecule has 104 valence electrons. The van der Waals surface area contributed by atoms with E-state index in [1.807, 2.05) is 0 Å².